The van der Waals surface area contributed by atoms with Gasteiger partial charge in [0.15, 0.2) is 17.6 Å². The van der Waals surface area contributed by atoms with Gasteiger partial charge in [0, 0.05) is 17.7 Å². The molecule has 3 fully saturated rings. The second-order valence-corrected chi connectivity index (χ2v) is 13.2. The van der Waals surface area contributed by atoms with E-state index in [1.54, 1.807) is 0 Å². The number of rotatable bonds is 10. The van der Waals surface area contributed by atoms with Gasteiger partial charge in [0.1, 0.15) is 96.3 Å². The molecule has 2 aromatic rings. The zero-order valence-corrected chi connectivity index (χ0v) is 28.3. The lowest BCUT2D eigenvalue weighted by molar-refractivity contribution is -0.293. The molecule has 306 valence electrons. The van der Waals surface area contributed by atoms with Crippen LogP contribution in [0.2, 0.25) is 0 Å². The third-order valence-electron chi connectivity index (χ3n) is 9.54. The maximum Gasteiger partial charge on any atom is 0.229 e. The minimum absolute atomic E-state index is 0.0806. The molecule has 6 rings (SSSR count). The predicted molar refractivity (Wildman–Crippen MR) is 173 cm³/mol. The van der Waals surface area contributed by atoms with Crippen LogP contribution >= 0.6 is 0 Å². The number of phenolic OH excluding ortho intramolecular Hbond substituents is 3. The molecule has 3 saturated heterocycles. The van der Waals surface area contributed by atoms with Gasteiger partial charge in [-0.3, -0.25) is 0 Å². The van der Waals surface area contributed by atoms with Crippen molar-refractivity contribution in [2.24, 2.45) is 0 Å². The Hall–Kier alpha value is -3.82. The number of benzene rings is 2. The first-order chi connectivity index (χ1) is 26.1. The SMILES string of the molecule is OC[C@H]1O[C@@H](OC2=Cc3c(O)cc(O)cc3OC2c2cc(O[C@@H]3O[C@H](CO)[C@H](O)[C@H](O)[C@H]3O)c(O)c(O[C@@H]3O[C@H](CO)[C@H](O)[C@H](O)[C@H]3O)c2)[C@H](O)[C@@H](O)[C@H]1O. The molecule has 0 amide bonds. The van der Waals surface area contributed by atoms with Crippen LogP contribution in [-0.4, -0.2) is 189 Å². The first-order valence-electron chi connectivity index (χ1n) is 16.8. The van der Waals surface area contributed by atoms with E-state index < -0.39 is 147 Å². The summed E-state index contributed by atoms with van der Waals surface area (Å²) < 4.78 is 39.8. The topological polar surface area (TPSA) is 368 Å². The van der Waals surface area contributed by atoms with Crippen LogP contribution < -0.4 is 14.2 Å². The van der Waals surface area contributed by atoms with Crippen molar-refractivity contribution in [1.82, 2.24) is 0 Å². The molecule has 22 nitrogen and oxygen atoms in total. The molecule has 0 aliphatic carbocycles. The van der Waals surface area contributed by atoms with Crippen molar-refractivity contribution in [3.8, 4) is 34.5 Å². The lowest BCUT2D eigenvalue weighted by Crippen LogP contribution is -2.60. The standard InChI is InChI=1S/C33H42O22/c34-6-17-21(40)24(43)27(46)31(53-17)50-14-1-9(2-15(20(14)39)51-32-28(47)25(44)22(41)18(7-35)54-32)30-16(5-11-12(38)3-10(37)4-13(11)49-30)52-33-29(48)26(45)23(42)19(8-36)55-33/h1-5,17-19,21-48H,6-8H2/t17-,18-,19-,21+,22+,23+,24+,25+,26+,27-,28-,29-,30?,31-,32-,33-/m1/s1. The van der Waals surface area contributed by atoms with Gasteiger partial charge >= 0.3 is 0 Å². The number of aliphatic hydroxyl groups is 12. The van der Waals surface area contributed by atoms with Crippen molar-refractivity contribution in [3.63, 3.8) is 0 Å². The second kappa shape index (κ2) is 16.3. The maximum atomic E-state index is 11.4. The fourth-order valence-electron chi connectivity index (χ4n) is 6.38. The van der Waals surface area contributed by atoms with Crippen LogP contribution in [-0.2, 0) is 18.9 Å². The maximum absolute atomic E-state index is 11.4. The van der Waals surface area contributed by atoms with E-state index in [9.17, 15) is 76.6 Å². The van der Waals surface area contributed by atoms with Crippen LogP contribution in [0.1, 0.15) is 17.2 Å². The zero-order chi connectivity index (χ0) is 40.0. The summed E-state index contributed by atoms with van der Waals surface area (Å²) in [6, 6.07) is 4.14. The van der Waals surface area contributed by atoms with Crippen molar-refractivity contribution in [1.29, 1.82) is 0 Å². The summed E-state index contributed by atoms with van der Waals surface area (Å²) in [4.78, 5) is 0. The largest absolute Gasteiger partial charge is 0.508 e. The van der Waals surface area contributed by atoms with E-state index in [-0.39, 0.29) is 22.6 Å². The minimum Gasteiger partial charge on any atom is -0.508 e. The normalized spacial score (nSPS) is 39.0. The van der Waals surface area contributed by atoms with Crippen LogP contribution in [0.4, 0.5) is 0 Å². The molecule has 4 heterocycles. The quantitative estimate of drug-likeness (QED) is 0.107. The van der Waals surface area contributed by atoms with Crippen molar-refractivity contribution < 1.29 is 110 Å². The average Bonchev–Trinajstić information content (AvgIpc) is 3.16. The summed E-state index contributed by atoms with van der Waals surface area (Å²) >= 11 is 0. The Balaban J connectivity index is 1.45. The molecule has 0 saturated carbocycles. The molecule has 2 aromatic carbocycles. The van der Waals surface area contributed by atoms with Crippen LogP contribution in [0, 0.1) is 0 Å². The third-order valence-corrected chi connectivity index (χ3v) is 9.54. The highest BCUT2D eigenvalue weighted by Crippen LogP contribution is 2.48. The average molecular weight is 791 g/mol. The van der Waals surface area contributed by atoms with Gasteiger partial charge in [-0.25, -0.2) is 0 Å². The number of aromatic hydroxyl groups is 3. The first-order valence-corrected chi connectivity index (χ1v) is 16.8. The molecule has 15 N–H and O–H groups in total. The van der Waals surface area contributed by atoms with Gasteiger partial charge in [0.25, 0.3) is 0 Å². The number of hydrogen-bond acceptors (Lipinski definition) is 22. The Morgan fingerprint density at radius 2 is 0.927 bits per heavy atom. The van der Waals surface area contributed by atoms with Gasteiger partial charge in [0.2, 0.25) is 24.6 Å². The summed E-state index contributed by atoms with van der Waals surface area (Å²) in [6.45, 7) is -2.51. The fraction of sp³-hybridized carbons (Fsp3) is 0.576. The number of aliphatic hydroxyl groups excluding tert-OH is 12. The van der Waals surface area contributed by atoms with Gasteiger partial charge in [-0.15, -0.1) is 0 Å². The van der Waals surface area contributed by atoms with Crippen LogP contribution in [0.3, 0.4) is 0 Å². The summed E-state index contributed by atoms with van der Waals surface area (Å²) in [7, 11) is 0. The fourth-order valence-corrected chi connectivity index (χ4v) is 6.38. The van der Waals surface area contributed by atoms with E-state index in [1.807, 2.05) is 0 Å². The summed E-state index contributed by atoms with van der Waals surface area (Å²) in [5.74, 6) is -3.73. The lowest BCUT2D eigenvalue weighted by atomic mass is 9.98. The molecule has 55 heavy (non-hydrogen) atoms. The molecule has 0 spiro atoms. The highest BCUT2D eigenvalue weighted by molar-refractivity contribution is 5.70. The predicted octanol–water partition coefficient (Wildman–Crippen LogP) is -5.55. The molecular formula is C33H42O22. The molecule has 22 heteroatoms. The summed E-state index contributed by atoms with van der Waals surface area (Å²) in [5, 5.41) is 155. The molecule has 1 unspecified atom stereocenters. The van der Waals surface area contributed by atoms with E-state index in [1.165, 1.54) is 6.08 Å². The monoisotopic (exact) mass is 790 g/mol. The molecule has 0 radical (unpaired) electrons. The van der Waals surface area contributed by atoms with Crippen molar-refractivity contribution in [2.45, 2.75) is 98.2 Å². The van der Waals surface area contributed by atoms with E-state index in [4.69, 9.17) is 33.2 Å². The Morgan fingerprint density at radius 1 is 0.509 bits per heavy atom. The van der Waals surface area contributed by atoms with E-state index in [0.29, 0.717) is 0 Å². The highest BCUT2D eigenvalue weighted by atomic mass is 16.7. The van der Waals surface area contributed by atoms with Crippen LogP contribution in [0.15, 0.2) is 30.0 Å². The molecular weight excluding hydrogens is 748 g/mol. The van der Waals surface area contributed by atoms with Gasteiger partial charge in [-0.05, 0) is 18.2 Å². The Morgan fingerprint density at radius 3 is 1.35 bits per heavy atom. The Labute approximate surface area is 309 Å². The summed E-state index contributed by atoms with van der Waals surface area (Å²) in [5.41, 5.74) is -0.246. The second-order valence-electron chi connectivity index (χ2n) is 13.2. The molecule has 4 aliphatic rings. The van der Waals surface area contributed by atoms with Gasteiger partial charge < -0.3 is 110 Å². The van der Waals surface area contributed by atoms with Crippen LogP contribution in [0.5, 0.6) is 34.5 Å². The summed E-state index contributed by atoms with van der Waals surface area (Å²) in [6.07, 6.45) is -27.4. The van der Waals surface area contributed by atoms with Crippen molar-refractivity contribution in [2.75, 3.05) is 19.8 Å². The molecule has 0 bridgehead atoms. The number of phenols is 3. The minimum atomic E-state index is -2.00. The van der Waals surface area contributed by atoms with E-state index in [2.05, 4.69) is 0 Å². The first kappa shape index (κ1) is 40.8. The van der Waals surface area contributed by atoms with Crippen molar-refractivity contribution >= 4 is 6.08 Å². The van der Waals surface area contributed by atoms with Crippen LogP contribution in [0.25, 0.3) is 6.08 Å². The number of ether oxygens (including phenoxy) is 7. The molecule has 0 aromatic heterocycles. The smallest absolute Gasteiger partial charge is 0.229 e. The highest BCUT2D eigenvalue weighted by Gasteiger charge is 2.48. The van der Waals surface area contributed by atoms with Gasteiger partial charge in [0.05, 0.1) is 25.4 Å². The third kappa shape index (κ3) is 7.80. The van der Waals surface area contributed by atoms with Gasteiger partial charge in [-0.1, -0.05) is 0 Å². The lowest BCUT2D eigenvalue weighted by Gasteiger charge is -2.41. The van der Waals surface area contributed by atoms with Crippen molar-refractivity contribution in [3.05, 3.63) is 41.2 Å². The number of fused-ring (bicyclic) bond motifs is 1. The number of hydrogen-bond donors (Lipinski definition) is 15. The Bertz CT molecular complexity index is 1630. The van der Waals surface area contributed by atoms with E-state index >= 15 is 0 Å². The van der Waals surface area contributed by atoms with Gasteiger partial charge in [-0.2, -0.15) is 0 Å². The zero-order valence-electron chi connectivity index (χ0n) is 28.3. The molecule has 16 atom stereocenters. The Kier molecular flexibility index (Phi) is 12.1. The van der Waals surface area contributed by atoms with E-state index in [0.717, 1.165) is 24.3 Å². The molecule has 4 aliphatic heterocycles.